The summed E-state index contributed by atoms with van der Waals surface area (Å²) in [5, 5.41) is 3.56. The largest absolute Gasteiger partial charge is 0.463 e. The predicted molar refractivity (Wildman–Crippen MR) is 84.1 cm³/mol. The molecule has 21 heavy (non-hydrogen) atoms. The number of furan rings is 1. The summed E-state index contributed by atoms with van der Waals surface area (Å²) >= 11 is 0. The second kappa shape index (κ2) is 5.77. The molecule has 3 aliphatic rings. The van der Waals surface area contributed by atoms with Gasteiger partial charge < -0.3 is 9.73 Å². The van der Waals surface area contributed by atoms with Crippen LogP contribution in [0, 0.1) is 12.8 Å². The summed E-state index contributed by atoms with van der Waals surface area (Å²) in [4.78, 5) is 2.68. The highest BCUT2D eigenvalue weighted by Crippen LogP contribution is 2.37. The number of nitrogens with zero attached hydrogens (tertiary/aromatic N) is 1. The molecule has 2 saturated carbocycles. The van der Waals surface area contributed by atoms with Gasteiger partial charge in [-0.15, -0.1) is 0 Å². The van der Waals surface area contributed by atoms with Crippen LogP contribution in [0.25, 0.3) is 0 Å². The van der Waals surface area contributed by atoms with Crippen molar-refractivity contribution in [2.45, 2.75) is 77.0 Å². The Bertz CT molecular complexity index is 491. The summed E-state index contributed by atoms with van der Waals surface area (Å²) in [5.41, 5.74) is 1.32. The van der Waals surface area contributed by atoms with Crippen molar-refractivity contribution in [3.63, 3.8) is 0 Å². The van der Waals surface area contributed by atoms with Gasteiger partial charge in [0.15, 0.2) is 0 Å². The highest BCUT2D eigenvalue weighted by Gasteiger charge is 2.35. The molecule has 0 bridgehead atoms. The number of hydrogen-bond acceptors (Lipinski definition) is 3. The topological polar surface area (TPSA) is 28.4 Å². The molecule has 116 valence electrons. The Morgan fingerprint density at radius 3 is 2.90 bits per heavy atom. The third-order valence-electron chi connectivity index (χ3n) is 5.68. The zero-order valence-corrected chi connectivity index (χ0v) is 13.2. The molecule has 3 nitrogen and oxygen atoms in total. The van der Waals surface area contributed by atoms with Gasteiger partial charge in [0.25, 0.3) is 0 Å². The van der Waals surface area contributed by atoms with Crippen molar-refractivity contribution in [2.24, 2.45) is 5.92 Å². The van der Waals surface area contributed by atoms with Crippen molar-refractivity contribution in [3.8, 4) is 0 Å². The quantitative estimate of drug-likeness (QED) is 0.897. The Morgan fingerprint density at radius 2 is 2.05 bits per heavy atom. The van der Waals surface area contributed by atoms with E-state index in [1.807, 2.05) is 0 Å². The third kappa shape index (κ3) is 3.04. The van der Waals surface area contributed by atoms with Gasteiger partial charge in [0, 0.05) is 12.1 Å². The van der Waals surface area contributed by atoms with Crippen LogP contribution in [-0.2, 0) is 13.1 Å². The van der Waals surface area contributed by atoms with E-state index in [-0.39, 0.29) is 0 Å². The normalized spacial score (nSPS) is 29.8. The smallest absolute Gasteiger partial charge is 0.120 e. The van der Waals surface area contributed by atoms with Crippen molar-refractivity contribution in [1.82, 2.24) is 10.2 Å². The van der Waals surface area contributed by atoms with Gasteiger partial charge in [-0.3, -0.25) is 4.90 Å². The van der Waals surface area contributed by atoms with Crippen LogP contribution in [0.5, 0.6) is 0 Å². The number of likely N-dealkylation sites (tertiary alicyclic amines) is 1. The van der Waals surface area contributed by atoms with Crippen LogP contribution in [0.1, 0.15) is 62.0 Å². The number of hydrogen-bond donors (Lipinski definition) is 1. The van der Waals surface area contributed by atoms with Crippen molar-refractivity contribution in [2.75, 3.05) is 6.54 Å². The summed E-state index contributed by atoms with van der Waals surface area (Å²) in [7, 11) is 0. The van der Waals surface area contributed by atoms with E-state index < -0.39 is 0 Å². The van der Waals surface area contributed by atoms with E-state index in [0.717, 1.165) is 36.9 Å². The van der Waals surface area contributed by atoms with Gasteiger partial charge in [-0.25, -0.2) is 0 Å². The van der Waals surface area contributed by atoms with Crippen LogP contribution < -0.4 is 5.32 Å². The van der Waals surface area contributed by atoms with Gasteiger partial charge in [-0.05, 0) is 63.1 Å². The van der Waals surface area contributed by atoms with Gasteiger partial charge in [-0.1, -0.05) is 12.8 Å². The predicted octanol–water partition coefficient (Wildman–Crippen LogP) is 3.60. The van der Waals surface area contributed by atoms with Crippen LogP contribution in [0.15, 0.2) is 10.5 Å². The Morgan fingerprint density at radius 1 is 1.19 bits per heavy atom. The van der Waals surface area contributed by atoms with Gasteiger partial charge >= 0.3 is 0 Å². The molecule has 0 spiro atoms. The molecular weight excluding hydrogens is 260 g/mol. The monoisotopic (exact) mass is 288 g/mol. The summed E-state index contributed by atoms with van der Waals surface area (Å²) in [5.74, 6) is 3.29. The fraction of sp³-hybridized carbons (Fsp3) is 0.778. The summed E-state index contributed by atoms with van der Waals surface area (Å²) in [6, 6.07) is 3.84. The Labute approximate surface area is 128 Å². The maximum atomic E-state index is 6.13. The molecule has 2 atom stereocenters. The van der Waals surface area contributed by atoms with E-state index >= 15 is 0 Å². The van der Waals surface area contributed by atoms with Crippen LogP contribution in [0.2, 0.25) is 0 Å². The second-order valence-corrected chi connectivity index (χ2v) is 7.35. The lowest BCUT2D eigenvalue weighted by molar-refractivity contribution is 0.164. The number of rotatable bonds is 5. The molecule has 0 amide bonds. The standard InChI is InChI=1S/C18H28N2O/c1-13-10-16(21-18(13)11-19-15-6-7-15)12-20-9-8-14-4-2-3-5-17(14)20/h10,14-15,17,19H,2-9,11-12H2,1H3. The Balaban J connectivity index is 1.38. The first kappa shape index (κ1) is 13.8. The number of aryl methyl sites for hydroxylation is 1. The fourth-order valence-electron chi connectivity index (χ4n) is 4.27. The first-order chi connectivity index (χ1) is 10.3. The molecule has 4 rings (SSSR count). The minimum atomic E-state index is 0.750. The van der Waals surface area contributed by atoms with Crippen molar-refractivity contribution < 1.29 is 4.42 Å². The van der Waals surface area contributed by atoms with Gasteiger partial charge in [-0.2, -0.15) is 0 Å². The van der Waals surface area contributed by atoms with E-state index in [9.17, 15) is 0 Å². The maximum absolute atomic E-state index is 6.13. The molecular formula is C18H28N2O. The molecule has 1 N–H and O–H groups in total. The van der Waals surface area contributed by atoms with Crippen LogP contribution >= 0.6 is 0 Å². The maximum Gasteiger partial charge on any atom is 0.120 e. The van der Waals surface area contributed by atoms with Crippen LogP contribution in [0.4, 0.5) is 0 Å². The van der Waals surface area contributed by atoms with Crippen molar-refractivity contribution >= 4 is 0 Å². The van der Waals surface area contributed by atoms with Crippen molar-refractivity contribution in [1.29, 1.82) is 0 Å². The Kier molecular flexibility index (Phi) is 3.80. The zero-order chi connectivity index (χ0) is 14.2. The average Bonchev–Trinajstić information content (AvgIpc) is 3.14. The van der Waals surface area contributed by atoms with Crippen LogP contribution in [0.3, 0.4) is 0 Å². The molecule has 1 saturated heterocycles. The lowest BCUT2D eigenvalue weighted by Crippen LogP contribution is -2.34. The third-order valence-corrected chi connectivity index (χ3v) is 5.68. The van der Waals surface area contributed by atoms with E-state index in [1.165, 1.54) is 62.8 Å². The minimum absolute atomic E-state index is 0.750. The average molecular weight is 288 g/mol. The molecule has 3 heteroatoms. The Hall–Kier alpha value is -0.800. The lowest BCUT2D eigenvalue weighted by Gasteiger charge is -2.31. The van der Waals surface area contributed by atoms with E-state index in [2.05, 4.69) is 23.2 Å². The fourth-order valence-corrected chi connectivity index (χ4v) is 4.27. The number of nitrogens with one attached hydrogen (secondary N) is 1. The molecule has 2 heterocycles. The SMILES string of the molecule is Cc1cc(CN2CCC3CCCCC32)oc1CNC1CC1. The molecule has 2 unspecified atom stereocenters. The molecule has 3 fully saturated rings. The first-order valence-corrected chi connectivity index (χ1v) is 8.85. The molecule has 0 radical (unpaired) electrons. The second-order valence-electron chi connectivity index (χ2n) is 7.35. The highest BCUT2D eigenvalue weighted by molar-refractivity contribution is 5.20. The molecule has 0 aromatic carbocycles. The van der Waals surface area contributed by atoms with E-state index in [4.69, 9.17) is 4.42 Å². The summed E-state index contributed by atoms with van der Waals surface area (Å²) < 4.78 is 6.13. The summed E-state index contributed by atoms with van der Waals surface area (Å²) in [6.07, 6.45) is 9.81. The minimum Gasteiger partial charge on any atom is -0.463 e. The zero-order valence-electron chi connectivity index (χ0n) is 13.2. The first-order valence-electron chi connectivity index (χ1n) is 8.85. The highest BCUT2D eigenvalue weighted by atomic mass is 16.3. The lowest BCUT2D eigenvalue weighted by atomic mass is 9.85. The molecule has 1 aromatic heterocycles. The van der Waals surface area contributed by atoms with Gasteiger partial charge in [0.1, 0.15) is 11.5 Å². The van der Waals surface area contributed by atoms with Crippen molar-refractivity contribution in [3.05, 3.63) is 23.2 Å². The molecule has 2 aliphatic carbocycles. The van der Waals surface area contributed by atoms with Gasteiger partial charge in [0.05, 0.1) is 13.1 Å². The van der Waals surface area contributed by atoms with E-state index in [1.54, 1.807) is 0 Å². The number of fused-ring (bicyclic) bond motifs is 1. The summed E-state index contributed by atoms with van der Waals surface area (Å²) in [6.45, 7) is 5.38. The van der Waals surface area contributed by atoms with E-state index in [0.29, 0.717) is 0 Å². The van der Waals surface area contributed by atoms with Crippen LogP contribution in [-0.4, -0.2) is 23.5 Å². The molecule has 1 aliphatic heterocycles. The van der Waals surface area contributed by atoms with Gasteiger partial charge in [0.2, 0.25) is 0 Å². The molecule has 1 aromatic rings.